The molecule has 0 bridgehead atoms. The van der Waals surface area contributed by atoms with Crippen LogP contribution >= 0.6 is 0 Å². The van der Waals surface area contributed by atoms with Gasteiger partial charge in [0.05, 0.1) is 12.6 Å². The third-order valence-electron chi connectivity index (χ3n) is 6.17. The summed E-state index contributed by atoms with van der Waals surface area (Å²) in [4.78, 5) is 17.5. The first-order valence-corrected chi connectivity index (χ1v) is 9.47. The lowest BCUT2D eigenvalue weighted by molar-refractivity contribution is -0.134. The Balaban J connectivity index is 1.91. The topological polar surface area (TPSA) is 32.8 Å². The Bertz CT molecular complexity index is 811. The van der Waals surface area contributed by atoms with Crippen molar-refractivity contribution in [1.29, 1.82) is 0 Å². The number of amides is 1. The zero-order chi connectivity index (χ0) is 19.8. The van der Waals surface area contributed by atoms with Gasteiger partial charge < -0.3 is 9.64 Å². The number of carbonyl (C=O) groups is 1. The maximum Gasteiger partial charge on any atom is 0.244 e. The highest BCUT2D eigenvalue weighted by atomic mass is 16.5. The van der Waals surface area contributed by atoms with Gasteiger partial charge in [0.2, 0.25) is 5.91 Å². The van der Waals surface area contributed by atoms with Crippen LogP contribution in [-0.2, 0) is 16.9 Å². The van der Waals surface area contributed by atoms with Crippen LogP contribution in [0.4, 0.5) is 0 Å². The minimum atomic E-state index is -0.542. The third kappa shape index (κ3) is 3.23. The van der Waals surface area contributed by atoms with Crippen LogP contribution in [0.15, 0.2) is 48.5 Å². The van der Waals surface area contributed by atoms with E-state index >= 15 is 0 Å². The van der Waals surface area contributed by atoms with Crippen LogP contribution in [0.25, 0.3) is 0 Å². The number of likely N-dealkylation sites (N-methyl/N-ethyl adjacent to an activating group) is 1. The molecule has 27 heavy (non-hydrogen) atoms. The van der Waals surface area contributed by atoms with Crippen LogP contribution < -0.4 is 4.74 Å². The van der Waals surface area contributed by atoms with Gasteiger partial charge in [-0.25, -0.2) is 0 Å². The van der Waals surface area contributed by atoms with Crippen molar-refractivity contribution in [2.75, 3.05) is 20.7 Å². The van der Waals surface area contributed by atoms with Crippen LogP contribution in [0.3, 0.4) is 0 Å². The molecule has 0 saturated carbocycles. The molecular formula is C23H30N2O2. The van der Waals surface area contributed by atoms with Crippen LogP contribution in [0.2, 0.25) is 0 Å². The van der Waals surface area contributed by atoms with E-state index in [2.05, 4.69) is 55.1 Å². The molecule has 0 N–H and O–H groups in total. The molecule has 1 aliphatic rings. The smallest absolute Gasteiger partial charge is 0.244 e. The summed E-state index contributed by atoms with van der Waals surface area (Å²) in [6.07, 6.45) is 0.807. The SMILES string of the molecule is COc1ccc(CCN2C(=O)C(C)(C)N(C)C2(C)c2ccc(C)cc2)cc1. The molecule has 1 unspecified atom stereocenters. The summed E-state index contributed by atoms with van der Waals surface area (Å²) in [6, 6.07) is 16.6. The standard InChI is InChI=1S/C23H30N2O2/c1-17-7-11-19(12-8-17)23(4)24(5)22(2,3)21(26)25(23)16-15-18-9-13-20(27-6)14-10-18/h7-14H,15-16H2,1-6H3. The van der Waals surface area contributed by atoms with Crippen LogP contribution in [0.1, 0.15) is 37.5 Å². The van der Waals surface area contributed by atoms with Gasteiger partial charge in [-0.15, -0.1) is 0 Å². The second-order valence-electron chi connectivity index (χ2n) is 8.06. The molecule has 0 aromatic heterocycles. The number of hydrogen-bond donors (Lipinski definition) is 0. The molecule has 0 radical (unpaired) electrons. The first kappa shape index (κ1) is 19.4. The van der Waals surface area contributed by atoms with Gasteiger partial charge in [-0.1, -0.05) is 42.0 Å². The summed E-state index contributed by atoms with van der Waals surface area (Å²) >= 11 is 0. The molecule has 1 heterocycles. The quantitative estimate of drug-likeness (QED) is 0.803. The molecule has 144 valence electrons. The average Bonchev–Trinajstić information content (AvgIpc) is 2.79. The molecule has 4 heteroatoms. The predicted octanol–water partition coefficient (Wildman–Crippen LogP) is 3.97. The Kier molecular flexibility index (Phi) is 5.04. The van der Waals surface area contributed by atoms with Gasteiger partial charge in [0, 0.05) is 6.54 Å². The summed E-state index contributed by atoms with van der Waals surface area (Å²) < 4.78 is 5.23. The Hall–Kier alpha value is -2.33. The second kappa shape index (κ2) is 7.01. The summed E-state index contributed by atoms with van der Waals surface area (Å²) in [7, 11) is 3.72. The monoisotopic (exact) mass is 366 g/mol. The Morgan fingerprint density at radius 1 is 0.963 bits per heavy atom. The Morgan fingerprint density at radius 3 is 2.11 bits per heavy atom. The van der Waals surface area contributed by atoms with Crippen molar-refractivity contribution in [3.8, 4) is 5.75 Å². The van der Waals surface area contributed by atoms with Crippen molar-refractivity contribution < 1.29 is 9.53 Å². The van der Waals surface area contributed by atoms with E-state index in [9.17, 15) is 4.79 Å². The number of benzene rings is 2. The molecular weight excluding hydrogens is 336 g/mol. The van der Waals surface area contributed by atoms with Crippen molar-refractivity contribution in [3.63, 3.8) is 0 Å². The molecule has 2 aromatic rings. The van der Waals surface area contributed by atoms with Gasteiger partial charge in [0.25, 0.3) is 0 Å². The summed E-state index contributed by atoms with van der Waals surface area (Å²) in [5, 5.41) is 0. The molecule has 1 atom stereocenters. The predicted molar refractivity (Wildman–Crippen MR) is 109 cm³/mol. The largest absolute Gasteiger partial charge is 0.497 e. The second-order valence-corrected chi connectivity index (χ2v) is 8.06. The molecule has 1 saturated heterocycles. The van der Waals surface area contributed by atoms with Gasteiger partial charge in [-0.3, -0.25) is 9.69 Å². The van der Waals surface area contributed by atoms with Gasteiger partial charge >= 0.3 is 0 Å². The maximum atomic E-state index is 13.3. The van der Waals surface area contributed by atoms with E-state index in [-0.39, 0.29) is 5.91 Å². The van der Waals surface area contributed by atoms with Crippen LogP contribution in [-0.4, -0.2) is 41.9 Å². The molecule has 1 aliphatic heterocycles. The number of rotatable bonds is 5. The van der Waals surface area contributed by atoms with Gasteiger partial charge in [-0.05, 0) is 64.4 Å². The number of aryl methyl sites for hydroxylation is 1. The highest BCUT2D eigenvalue weighted by Gasteiger charge is 2.57. The highest BCUT2D eigenvalue weighted by Crippen LogP contribution is 2.44. The van der Waals surface area contributed by atoms with E-state index in [1.807, 2.05) is 37.9 Å². The van der Waals surface area contributed by atoms with Gasteiger partial charge in [0.15, 0.2) is 0 Å². The zero-order valence-electron chi connectivity index (χ0n) is 17.2. The van der Waals surface area contributed by atoms with Crippen molar-refractivity contribution in [3.05, 3.63) is 65.2 Å². The van der Waals surface area contributed by atoms with Crippen molar-refractivity contribution >= 4 is 5.91 Å². The van der Waals surface area contributed by atoms with Gasteiger partial charge in [-0.2, -0.15) is 0 Å². The Morgan fingerprint density at radius 2 is 1.56 bits per heavy atom. The number of carbonyl (C=O) groups excluding carboxylic acids is 1. The van der Waals surface area contributed by atoms with Gasteiger partial charge in [0.1, 0.15) is 11.4 Å². The Labute approximate surface area is 162 Å². The number of nitrogens with zero attached hydrogens (tertiary/aromatic N) is 2. The fraction of sp³-hybridized carbons (Fsp3) is 0.435. The first-order chi connectivity index (χ1) is 12.7. The molecule has 1 amide bonds. The number of hydrogen-bond acceptors (Lipinski definition) is 3. The molecule has 0 spiro atoms. The lowest BCUT2D eigenvalue weighted by Crippen LogP contribution is -2.50. The summed E-state index contributed by atoms with van der Waals surface area (Å²) in [5.41, 5.74) is 2.55. The third-order valence-corrected chi connectivity index (χ3v) is 6.17. The van der Waals surface area contributed by atoms with E-state index in [0.29, 0.717) is 6.54 Å². The van der Waals surface area contributed by atoms with Crippen LogP contribution in [0, 0.1) is 6.92 Å². The fourth-order valence-corrected chi connectivity index (χ4v) is 3.97. The van der Waals surface area contributed by atoms with Crippen LogP contribution in [0.5, 0.6) is 5.75 Å². The van der Waals surface area contributed by atoms with Crippen molar-refractivity contribution in [2.45, 2.75) is 45.3 Å². The highest BCUT2D eigenvalue weighted by molar-refractivity contribution is 5.89. The molecule has 3 rings (SSSR count). The summed E-state index contributed by atoms with van der Waals surface area (Å²) in [5.74, 6) is 1.02. The normalized spacial score (nSPS) is 22.3. The number of ether oxygens (including phenoxy) is 1. The van der Waals surface area contributed by atoms with E-state index in [1.165, 1.54) is 11.1 Å². The van der Waals surface area contributed by atoms with E-state index in [0.717, 1.165) is 17.7 Å². The molecule has 4 nitrogen and oxygen atoms in total. The number of methoxy groups -OCH3 is 1. The minimum absolute atomic E-state index is 0.168. The van der Waals surface area contributed by atoms with Crippen molar-refractivity contribution in [1.82, 2.24) is 9.80 Å². The average molecular weight is 367 g/mol. The minimum Gasteiger partial charge on any atom is -0.497 e. The van der Waals surface area contributed by atoms with E-state index in [4.69, 9.17) is 4.74 Å². The lowest BCUT2D eigenvalue weighted by Gasteiger charge is -2.41. The van der Waals surface area contributed by atoms with Crippen molar-refractivity contribution in [2.24, 2.45) is 0 Å². The molecule has 2 aromatic carbocycles. The van der Waals surface area contributed by atoms with E-state index < -0.39 is 11.2 Å². The maximum absolute atomic E-state index is 13.3. The summed E-state index contributed by atoms with van der Waals surface area (Å²) in [6.45, 7) is 8.92. The fourth-order valence-electron chi connectivity index (χ4n) is 3.97. The molecule has 1 fully saturated rings. The lowest BCUT2D eigenvalue weighted by atomic mass is 9.96. The molecule has 0 aliphatic carbocycles. The zero-order valence-corrected chi connectivity index (χ0v) is 17.2. The van der Waals surface area contributed by atoms with E-state index in [1.54, 1.807) is 7.11 Å². The first-order valence-electron chi connectivity index (χ1n) is 9.47.